The van der Waals surface area contributed by atoms with Crippen LogP contribution in [-0.4, -0.2) is 55.0 Å². The minimum atomic E-state index is -1.07. The smallest absolute Gasteiger partial charge is 0.326 e. The van der Waals surface area contributed by atoms with Gasteiger partial charge in [0, 0.05) is 29.6 Å². The predicted octanol–water partition coefficient (Wildman–Crippen LogP) is 2.35. The number of rotatable bonds is 8. The molecule has 8 heteroatoms. The molecule has 28 heavy (non-hydrogen) atoms. The summed E-state index contributed by atoms with van der Waals surface area (Å²) in [6, 6.07) is 3.71. The van der Waals surface area contributed by atoms with Gasteiger partial charge in [0.25, 0.3) is 0 Å². The first-order valence-corrected chi connectivity index (χ1v) is 9.44. The van der Waals surface area contributed by atoms with Crippen molar-refractivity contribution < 1.29 is 28.9 Å². The Bertz CT molecular complexity index is 862. The second-order valence-corrected chi connectivity index (χ2v) is 6.74. The molecule has 1 aliphatic rings. The van der Waals surface area contributed by atoms with E-state index in [1.54, 1.807) is 14.0 Å². The first-order valence-electron chi connectivity index (χ1n) is 9.44. The Labute approximate surface area is 163 Å². The molecule has 0 radical (unpaired) electrons. The van der Waals surface area contributed by atoms with Crippen LogP contribution in [0.2, 0.25) is 0 Å². The maximum atomic E-state index is 12.6. The van der Waals surface area contributed by atoms with E-state index >= 15 is 0 Å². The van der Waals surface area contributed by atoms with Crippen molar-refractivity contribution in [3.8, 4) is 5.75 Å². The van der Waals surface area contributed by atoms with Gasteiger partial charge >= 0.3 is 11.9 Å². The Balaban J connectivity index is 2.15. The highest BCUT2D eigenvalue weighted by molar-refractivity contribution is 5.92. The first-order chi connectivity index (χ1) is 13.5. The topological polar surface area (TPSA) is 110 Å². The standard InChI is InChI=1S/C20H26N2O6/c1-4-8-28-11-6-7-14-12(9-11)15-13(10-26-3)16(20(25)27-5-2)22-18(19(23)24)17(15)21-14/h6-7,9,13,16,18,21-22H,4-5,8,10H2,1-3H3,(H,23,24). The Hall–Kier alpha value is -2.58. The Kier molecular flexibility index (Phi) is 6.21. The van der Waals surface area contributed by atoms with Gasteiger partial charge in [0.2, 0.25) is 0 Å². The van der Waals surface area contributed by atoms with E-state index in [0.717, 1.165) is 22.9 Å². The van der Waals surface area contributed by atoms with Crippen LogP contribution in [-0.2, 0) is 19.1 Å². The molecule has 0 amide bonds. The molecule has 0 saturated carbocycles. The van der Waals surface area contributed by atoms with E-state index in [1.165, 1.54) is 0 Å². The maximum absolute atomic E-state index is 12.6. The molecule has 0 bridgehead atoms. The lowest BCUT2D eigenvalue weighted by atomic mass is 9.83. The van der Waals surface area contributed by atoms with Crippen LogP contribution in [0, 0.1) is 0 Å². The van der Waals surface area contributed by atoms with Crippen molar-refractivity contribution >= 4 is 22.8 Å². The van der Waals surface area contributed by atoms with Crippen LogP contribution in [0.1, 0.15) is 43.5 Å². The molecule has 3 N–H and O–H groups in total. The number of aromatic amines is 1. The van der Waals surface area contributed by atoms with Gasteiger partial charge in [-0.25, -0.2) is 0 Å². The van der Waals surface area contributed by atoms with Gasteiger partial charge in [-0.1, -0.05) is 6.92 Å². The highest BCUT2D eigenvalue weighted by atomic mass is 16.5. The van der Waals surface area contributed by atoms with Crippen LogP contribution < -0.4 is 10.1 Å². The Morgan fingerprint density at radius 1 is 1.25 bits per heavy atom. The molecule has 1 aromatic carbocycles. The van der Waals surface area contributed by atoms with Crippen molar-refractivity contribution in [3.63, 3.8) is 0 Å². The lowest BCUT2D eigenvalue weighted by molar-refractivity contribution is -0.148. The molecule has 2 aromatic rings. The average Bonchev–Trinajstić information content (AvgIpc) is 3.05. The third-order valence-electron chi connectivity index (χ3n) is 4.86. The summed E-state index contributed by atoms with van der Waals surface area (Å²) in [5.74, 6) is -1.26. The first kappa shape index (κ1) is 20.2. The number of aliphatic carboxylic acids is 1. The molecule has 0 saturated heterocycles. The fourth-order valence-electron chi connectivity index (χ4n) is 3.71. The summed E-state index contributed by atoms with van der Waals surface area (Å²) in [5.41, 5.74) is 2.06. The van der Waals surface area contributed by atoms with Gasteiger partial charge in [0.05, 0.1) is 19.8 Å². The van der Waals surface area contributed by atoms with Crippen molar-refractivity contribution in [1.82, 2.24) is 10.3 Å². The summed E-state index contributed by atoms with van der Waals surface area (Å²) in [5, 5.41) is 13.5. The van der Waals surface area contributed by atoms with Gasteiger partial charge in [0.1, 0.15) is 17.8 Å². The van der Waals surface area contributed by atoms with Gasteiger partial charge in [-0.15, -0.1) is 0 Å². The predicted molar refractivity (Wildman–Crippen MR) is 103 cm³/mol. The molecular weight excluding hydrogens is 364 g/mol. The minimum absolute atomic E-state index is 0.213. The number of carbonyl (C=O) groups excluding carboxylic acids is 1. The number of hydrogen-bond acceptors (Lipinski definition) is 6. The lowest BCUT2D eigenvalue weighted by Gasteiger charge is -2.34. The highest BCUT2D eigenvalue weighted by Gasteiger charge is 2.44. The molecule has 3 atom stereocenters. The molecule has 1 aliphatic heterocycles. The van der Waals surface area contributed by atoms with E-state index in [4.69, 9.17) is 14.2 Å². The van der Waals surface area contributed by atoms with Crippen molar-refractivity contribution in [1.29, 1.82) is 0 Å². The largest absolute Gasteiger partial charge is 0.494 e. The number of fused-ring (bicyclic) bond motifs is 3. The van der Waals surface area contributed by atoms with Crippen molar-refractivity contribution in [2.45, 2.75) is 38.3 Å². The fourth-order valence-corrected chi connectivity index (χ4v) is 3.71. The van der Waals surface area contributed by atoms with Crippen molar-refractivity contribution in [2.24, 2.45) is 0 Å². The molecule has 0 spiro atoms. The molecule has 8 nitrogen and oxygen atoms in total. The second-order valence-electron chi connectivity index (χ2n) is 6.74. The van der Waals surface area contributed by atoms with Gasteiger partial charge in [-0.3, -0.25) is 14.9 Å². The summed E-state index contributed by atoms with van der Waals surface area (Å²) in [4.78, 5) is 27.7. The van der Waals surface area contributed by atoms with E-state index in [1.807, 2.05) is 25.1 Å². The van der Waals surface area contributed by atoms with Gasteiger partial charge in [-0.2, -0.15) is 0 Å². The average molecular weight is 390 g/mol. The van der Waals surface area contributed by atoms with Crippen LogP contribution in [0.4, 0.5) is 0 Å². The zero-order valence-corrected chi connectivity index (χ0v) is 16.3. The van der Waals surface area contributed by atoms with Crippen LogP contribution in [0.3, 0.4) is 0 Å². The molecule has 0 fully saturated rings. The third kappa shape index (κ3) is 3.70. The number of benzene rings is 1. The summed E-state index contributed by atoms with van der Waals surface area (Å²) < 4.78 is 16.3. The van der Waals surface area contributed by atoms with Crippen LogP contribution in [0.25, 0.3) is 10.9 Å². The molecule has 2 heterocycles. The van der Waals surface area contributed by atoms with E-state index in [9.17, 15) is 14.7 Å². The number of carboxylic acid groups (broad SMARTS) is 1. The number of carbonyl (C=O) groups is 2. The number of carboxylic acids is 1. The SMILES string of the molecule is CCCOc1ccc2[nH]c3c(c2c1)C(COC)C(C(=O)OCC)NC3C(=O)O. The quantitative estimate of drug-likeness (QED) is 0.594. The van der Waals surface area contributed by atoms with E-state index in [-0.39, 0.29) is 13.2 Å². The summed E-state index contributed by atoms with van der Waals surface area (Å²) in [6.07, 6.45) is 0.880. The number of esters is 1. The Morgan fingerprint density at radius 2 is 2.04 bits per heavy atom. The summed E-state index contributed by atoms with van der Waals surface area (Å²) >= 11 is 0. The van der Waals surface area contributed by atoms with Crippen LogP contribution in [0.5, 0.6) is 5.75 Å². The number of aromatic nitrogens is 1. The zero-order valence-electron chi connectivity index (χ0n) is 16.3. The number of methoxy groups -OCH3 is 1. The highest BCUT2D eigenvalue weighted by Crippen LogP contribution is 2.40. The van der Waals surface area contributed by atoms with Gasteiger partial charge in [0.15, 0.2) is 0 Å². The van der Waals surface area contributed by atoms with E-state index in [0.29, 0.717) is 18.1 Å². The minimum Gasteiger partial charge on any atom is -0.494 e. The van der Waals surface area contributed by atoms with Crippen molar-refractivity contribution in [3.05, 3.63) is 29.5 Å². The number of nitrogens with one attached hydrogen (secondary N) is 2. The fraction of sp³-hybridized carbons (Fsp3) is 0.500. The normalized spacial score (nSPS) is 21.3. The Morgan fingerprint density at radius 3 is 2.68 bits per heavy atom. The monoisotopic (exact) mass is 390 g/mol. The molecule has 3 unspecified atom stereocenters. The number of ether oxygens (including phenoxy) is 3. The molecule has 3 rings (SSSR count). The second kappa shape index (κ2) is 8.62. The van der Waals surface area contributed by atoms with Gasteiger partial charge in [-0.05, 0) is 37.1 Å². The molecule has 0 aliphatic carbocycles. The molecular formula is C20H26N2O6. The van der Waals surface area contributed by atoms with Gasteiger partial charge < -0.3 is 24.3 Å². The van der Waals surface area contributed by atoms with E-state index < -0.39 is 29.9 Å². The third-order valence-corrected chi connectivity index (χ3v) is 4.86. The zero-order chi connectivity index (χ0) is 20.3. The summed E-state index contributed by atoms with van der Waals surface area (Å²) in [7, 11) is 1.55. The number of hydrogen-bond donors (Lipinski definition) is 3. The lowest BCUT2D eigenvalue weighted by Crippen LogP contribution is -2.51. The van der Waals surface area contributed by atoms with Crippen LogP contribution >= 0.6 is 0 Å². The van der Waals surface area contributed by atoms with Crippen LogP contribution in [0.15, 0.2) is 18.2 Å². The maximum Gasteiger partial charge on any atom is 0.326 e. The van der Waals surface area contributed by atoms with E-state index in [2.05, 4.69) is 10.3 Å². The number of H-pyrrole nitrogens is 1. The summed E-state index contributed by atoms with van der Waals surface area (Å²) in [6.45, 7) is 4.78. The van der Waals surface area contributed by atoms with Crippen molar-refractivity contribution in [2.75, 3.05) is 26.9 Å². The molecule has 152 valence electrons. The molecule has 1 aromatic heterocycles.